The number of hydrogen-bond donors (Lipinski definition) is 1. The second-order valence-electron chi connectivity index (χ2n) is 4.29. The van der Waals surface area contributed by atoms with Crippen LogP contribution in [0.3, 0.4) is 0 Å². The molecule has 0 rings (SSSR count). The monoisotopic (exact) mass is 263 g/mol. The molecule has 0 aromatic carbocycles. The summed E-state index contributed by atoms with van der Waals surface area (Å²) >= 11 is 0. The van der Waals surface area contributed by atoms with Crippen molar-refractivity contribution < 1.29 is 26.7 Å². The van der Waals surface area contributed by atoms with Gasteiger partial charge in [-0.1, -0.05) is 0 Å². The van der Waals surface area contributed by atoms with Gasteiger partial charge in [-0.15, -0.1) is 0 Å². The molecule has 0 bridgehead atoms. The molecule has 0 atom stereocenters. The van der Waals surface area contributed by atoms with Gasteiger partial charge in [0.2, 0.25) is 10.0 Å². The fourth-order valence-corrected chi connectivity index (χ4v) is 2.40. The van der Waals surface area contributed by atoms with E-state index in [9.17, 15) is 21.6 Å². The maximum absolute atomic E-state index is 12.2. The molecule has 0 aliphatic rings. The van der Waals surface area contributed by atoms with Crippen molar-refractivity contribution in [3.8, 4) is 0 Å². The fourth-order valence-electron chi connectivity index (χ4n) is 0.983. The summed E-state index contributed by atoms with van der Waals surface area (Å²) in [6, 6.07) is 0. The number of aliphatic hydroxyl groups is 1. The largest absolute Gasteiger partial charge is 0.402 e. The van der Waals surface area contributed by atoms with Crippen molar-refractivity contribution in [2.75, 3.05) is 19.7 Å². The molecule has 0 saturated carbocycles. The van der Waals surface area contributed by atoms with Crippen LogP contribution < -0.4 is 0 Å². The summed E-state index contributed by atoms with van der Waals surface area (Å²) in [6.07, 6.45) is -4.62. The minimum atomic E-state index is -4.62. The highest BCUT2D eigenvalue weighted by molar-refractivity contribution is 7.90. The topological polar surface area (TPSA) is 57.6 Å². The molecule has 0 radical (unpaired) electrons. The van der Waals surface area contributed by atoms with E-state index in [-0.39, 0.29) is 4.31 Å². The van der Waals surface area contributed by atoms with Crippen LogP contribution in [-0.4, -0.2) is 48.4 Å². The Labute approximate surface area is 93.1 Å². The third-order valence-corrected chi connectivity index (χ3v) is 4.36. The van der Waals surface area contributed by atoms with Crippen molar-refractivity contribution in [3.05, 3.63) is 0 Å². The van der Waals surface area contributed by atoms with Gasteiger partial charge in [-0.3, -0.25) is 0 Å². The molecule has 0 aromatic heterocycles. The van der Waals surface area contributed by atoms with E-state index in [1.807, 2.05) is 0 Å². The summed E-state index contributed by atoms with van der Waals surface area (Å²) in [5.41, 5.74) is 0. The van der Waals surface area contributed by atoms with Gasteiger partial charge in [0.1, 0.15) is 6.54 Å². The van der Waals surface area contributed by atoms with Crippen LogP contribution in [0, 0.1) is 0 Å². The number of aliphatic hydroxyl groups excluding tert-OH is 1. The van der Waals surface area contributed by atoms with Crippen LogP contribution in [0.1, 0.15) is 20.8 Å². The van der Waals surface area contributed by atoms with Crippen molar-refractivity contribution >= 4 is 10.0 Å². The maximum Gasteiger partial charge on any atom is 0.402 e. The van der Waals surface area contributed by atoms with Gasteiger partial charge in [-0.05, 0) is 20.8 Å². The average Bonchev–Trinajstić information content (AvgIpc) is 1.98. The van der Waals surface area contributed by atoms with Gasteiger partial charge in [0, 0.05) is 6.54 Å². The van der Waals surface area contributed by atoms with Gasteiger partial charge in [0.05, 0.1) is 11.4 Å². The lowest BCUT2D eigenvalue weighted by molar-refractivity contribution is -0.136. The first-order valence-corrected chi connectivity index (χ1v) is 6.03. The van der Waals surface area contributed by atoms with Gasteiger partial charge in [-0.2, -0.15) is 17.5 Å². The molecule has 0 heterocycles. The Morgan fingerprint density at radius 3 is 1.88 bits per heavy atom. The molecule has 0 aliphatic carbocycles. The Balaban J connectivity index is 5.08. The van der Waals surface area contributed by atoms with E-state index in [2.05, 4.69) is 0 Å². The first-order chi connectivity index (χ1) is 6.92. The quantitative estimate of drug-likeness (QED) is 0.822. The normalized spacial score (nSPS) is 14.5. The Kier molecular flexibility index (Phi) is 4.78. The zero-order valence-corrected chi connectivity index (χ0v) is 10.2. The summed E-state index contributed by atoms with van der Waals surface area (Å²) in [7, 11) is -4.08. The van der Waals surface area contributed by atoms with Gasteiger partial charge in [-0.25, -0.2) is 8.42 Å². The standard InChI is InChI=1S/C8H16F3NO3S/c1-7(2,3)16(14,15)12(4-5-13)6-8(9,10)11/h13H,4-6H2,1-3H3. The van der Waals surface area contributed by atoms with E-state index in [1.54, 1.807) is 0 Å². The lowest BCUT2D eigenvalue weighted by atomic mass is 10.3. The van der Waals surface area contributed by atoms with Crippen LogP contribution >= 0.6 is 0 Å². The molecule has 0 amide bonds. The number of sulfonamides is 1. The number of hydrogen-bond acceptors (Lipinski definition) is 3. The smallest absolute Gasteiger partial charge is 0.395 e. The first kappa shape index (κ1) is 15.7. The average molecular weight is 263 g/mol. The number of halogens is 3. The van der Waals surface area contributed by atoms with Gasteiger partial charge >= 0.3 is 6.18 Å². The summed E-state index contributed by atoms with van der Waals surface area (Å²) < 4.78 is 58.9. The summed E-state index contributed by atoms with van der Waals surface area (Å²) in [4.78, 5) is 0. The molecule has 0 fully saturated rings. The van der Waals surface area contributed by atoms with Crippen molar-refractivity contribution in [1.82, 2.24) is 4.31 Å². The second kappa shape index (κ2) is 4.89. The Morgan fingerprint density at radius 1 is 1.19 bits per heavy atom. The van der Waals surface area contributed by atoms with Gasteiger partial charge in [0.25, 0.3) is 0 Å². The molecule has 0 aliphatic heterocycles. The Hall–Kier alpha value is -0.340. The maximum atomic E-state index is 12.2. The van der Waals surface area contributed by atoms with E-state index in [0.29, 0.717) is 0 Å². The highest BCUT2D eigenvalue weighted by Gasteiger charge is 2.41. The predicted molar refractivity (Wildman–Crippen MR) is 53.4 cm³/mol. The molecule has 0 spiro atoms. The van der Waals surface area contributed by atoms with Crippen LogP contribution in [0.15, 0.2) is 0 Å². The molecule has 0 saturated heterocycles. The van der Waals surface area contributed by atoms with Crippen LogP contribution in [-0.2, 0) is 10.0 Å². The zero-order valence-electron chi connectivity index (χ0n) is 9.37. The van der Waals surface area contributed by atoms with Crippen molar-refractivity contribution in [3.63, 3.8) is 0 Å². The van der Waals surface area contributed by atoms with Crippen molar-refractivity contribution in [2.24, 2.45) is 0 Å². The summed E-state index contributed by atoms with van der Waals surface area (Å²) in [5.74, 6) is 0. The first-order valence-electron chi connectivity index (χ1n) is 4.59. The van der Waals surface area contributed by atoms with Crippen molar-refractivity contribution in [2.45, 2.75) is 31.7 Å². The fraction of sp³-hybridized carbons (Fsp3) is 1.00. The molecule has 98 valence electrons. The summed E-state index contributed by atoms with van der Waals surface area (Å²) in [6.45, 7) is 1.15. The van der Waals surface area contributed by atoms with E-state index < -0.39 is 40.6 Å². The highest BCUT2D eigenvalue weighted by atomic mass is 32.2. The van der Waals surface area contributed by atoms with Crippen LogP contribution in [0.25, 0.3) is 0 Å². The lowest BCUT2D eigenvalue weighted by Crippen LogP contribution is -2.47. The number of rotatable bonds is 4. The highest BCUT2D eigenvalue weighted by Crippen LogP contribution is 2.24. The van der Waals surface area contributed by atoms with Crippen LogP contribution in [0.2, 0.25) is 0 Å². The number of nitrogens with zero attached hydrogens (tertiary/aromatic N) is 1. The number of alkyl halides is 3. The van der Waals surface area contributed by atoms with E-state index in [1.165, 1.54) is 20.8 Å². The SMILES string of the molecule is CC(C)(C)S(=O)(=O)N(CCO)CC(F)(F)F. The Morgan fingerprint density at radius 2 is 1.62 bits per heavy atom. The molecule has 1 N–H and O–H groups in total. The minimum absolute atomic E-state index is 0.257. The molecule has 0 unspecified atom stereocenters. The lowest BCUT2D eigenvalue weighted by Gasteiger charge is -2.29. The van der Waals surface area contributed by atoms with Crippen molar-refractivity contribution in [1.29, 1.82) is 0 Å². The zero-order chi connectivity index (χ0) is 13.2. The molecular weight excluding hydrogens is 247 g/mol. The molecule has 8 heteroatoms. The van der Waals surface area contributed by atoms with E-state index in [0.717, 1.165) is 0 Å². The molecule has 4 nitrogen and oxygen atoms in total. The van der Waals surface area contributed by atoms with E-state index in [4.69, 9.17) is 5.11 Å². The van der Waals surface area contributed by atoms with Crippen LogP contribution in [0.4, 0.5) is 13.2 Å². The second-order valence-corrected chi connectivity index (χ2v) is 6.98. The van der Waals surface area contributed by atoms with Gasteiger partial charge < -0.3 is 5.11 Å². The minimum Gasteiger partial charge on any atom is -0.395 e. The molecule has 16 heavy (non-hydrogen) atoms. The van der Waals surface area contributed by atoms with Gasteiger partial charge in [0.15, 0.2) is 0 Å². The predicted octanol–water partition coefficient (Wildman–Crippen LogP) is 0.971. The molecular formula is C8H16F3NO3S. The molecule has 0 aromatic rings. The van der Waals surface area contributed by atoms with Crippen LogP contribution in [0.5, 0.6) is 0 Å². The third-order valence-electron chi connectivity index (χ3n) is 1.82. The summed E-state index contributed by atoms with van der Waals surface area (Å²) in [5, 5.41) is 8.59. The van der Waals surface area contributed by atoms with E-state index >= 15 is 0 Å². The Bertz CT molecular complexity index is 318. The third kappa shape index (κ3) is 4.26.